The van der Waals surface area contributed by atoms with Crippen molar-refractivity contribution in [1.82, 2.24) is 9.55 Å². The number of nitrogens with zero attached hydrogens (tertiary/aromatic N) is 2. The first-order valence-corrected chi connectivity index (χ1v) is 10.5. The molecule has 1 saturated heterocycles. The first kappa shape index (κ1) is 22.6. The van der Waals surface area contributed by atoms with E-state index < -0.39 is 6.10 Å². The van der Waals surface area contributed by atoms with Gasteiger partial charge in [-0.15, -0.1) is 12.4 Å². The smallest absolute Gasteiger partial charge is 0.139 e. The predicted molar refractivity (Wildman–Crippen MR) is 122 cm³/mol. The zero-order chi connectivity index (χ0) is 20.4. The van der Waals surface area contributed by atoms with E-state index in [0.717, 1.165) is 42.1 Å². The van der Waals surface area contributed by atoms with Crippen LogP contribution in [0, 0.1) is 6.92 Å². The van der Waals surface area contributed by atoms with Crippen LogP contribution in [0.25, 0.3) is 11.0 Å². The molecule has 0 aliphatic carbocycles. The van der Waals surface area contributed by atoms with Gasteiger partial charge in [0.2, 0.25) is 0 Å². The van der Waals surface area contributed by atoms with Crippen molar-refractivity contribution < 1.29 is 14.6 Å². The summed E-state index contributed by atoms with van der Waals surface area (Å²) in [6.45, 7) is 7.91. The van der Waals surface area contributed by atoms with Crippen molar-refractivity contribution in [2.45, 2.75) is 58.3 Å². The molecule has 1 fully saturated rings. The zero-order valence-electron chi connectivity index (χ0n) is 17.9. The van der Waals surface area contributed by atoms with Gasteiger partial charge in [-0.1, -0.05) is 32.0 Å². The van der Waals surface area contributed by atoms with E-state index in [9.17, 15) is 5.11 Å². The van der Waals surface area contributed by atoms with Crippen LogP contribution in [-0.4, -0.2) is 34.0 Å². The maximum Gasteiger partial charge on any atom is 0.139 e. The maximum absolute atomic E-state index is 10.7. The topological polar surface area (TPSA) is 56.5 Å². The van der Waals surface area contributed by atoms with Gasteiger partial charge in [-0.3, -0.25) is 0 Å². The minimum Gasteiger partial charge on any atom is -0.491 e. The Morgan fingerprint density at radius 2 is 2.03 bits per heavy atom. The summed E-state index contributed by atoms with van der Waals surface area (Å²) in [5, 5.41) is 10.7. The number of hydrogen-bond donors (Lipinski definition) is 1. The number of imidazole rings is 1. The van der Waals surface area contributed by atoms with Gasteiger partial charge in [0, 0.05) is 6.61 Å². The van der Waals surface area contributed by atoms with Gasteiger partial charge in [-0.05, 0) is 61.1 Å². The fraction of sp³-hybridized carbons (Fsp3) is 0.458. The number of fused-ring (bicyclic) bond motifs is 1. The summed E-state index contributed by atoms with van der Waals surface area (Å²) >= 11 is 0. The molecule has 1 N–H and O–H groups in total. The van der Waals surface area contributed by atoms with E-state index in [0.29, 0.717) is 12.5 Å². The van der Waals surface area contributed by atoms with Gasteiger partial charge in [0.1, 0.15) is 30.4 Å². The van der Waals surface area contributed by atoms with Gasteiger partial charge in [0.05, 0.1) is 17.6 Å². The summed E-state index contributed by atoms with van der Waals surface area (Å²) in [4.78, 5) is 4.79. The van der Waals surface area contributed by atoms with Crippen molar-refractivity contribution in [3.63, 3.8) is 0 Å². The summed E-state index contributed by atoms with van der Waals surface area (Å²) < 4.78 is 13.9. The Morgan fingerprint density at radius 1 is 1.23 bits per heavy atom. The van der Waals surface area contributed by atoms with Crippen LogP contribution in [0.2, 0.25) is 0 Å². The number of aromatic nitrogens is 2. The molecule has 3 aromatic rings. The molecule has 0 bridgehead atoms. The van der Waals surface area contributed by atoms with E-state index in [1.807, 2.05) is 36.4 Å². The van der Waals surface area contributed by atoms with Crippen LogP contribution < -0.4 is 4.74 Å². The van der Waals surface area contributed by atoms with Gasteiger partial charge in [0.25, 0.3) is 0 Å². The Morgan fingerprint density at radius 3 is 2.73 bits per heavy atom. The molecular weight excluding hydrogens is 400 g/mol. The van der Waals surface area contributed by atoms with Gasteiger partial charge >= 0.3 is 0 Å². The van der Waals surface area contributed by atoms with E-state index in [4.69, 9.17) is 14.5 Å². The molecule has 162 valence electrons. The van der Waals surface area contributed by atoms with Crippen LogP contribution in [0.4, 0.5) is 0 Å². The molecule has 0 amide bonds. The molecule has 0 spiro atoms. The van der Waals surface area contributed by atoms with Gasteiger partial charge in [-0.2, -0.15) is 0 Å². The lowest BCUT2D eigenvalue weighted by Crippen LogP contribution is -2.25. The van der Waals surface area contributed by atoms with Crippen LogP contribution in [0.3, 0.4) is 0 Å². The van der Waals surface area contributed by atoms with Gasteiger partial charge in [-0.25, -0.2) is 4.98 Å². The van der Waals surface area contributed by atoms with Crippen LogP contribution in [0.5, 0.6) is 5.75 Å². The SMILES string of the molecule is Cc1cc(OCC(O)Cn2c(C3CCCO3)nc3ccccc32)ccc1C(C)C.Cl. The molecule has 2 aromatic carbocycles. The number of halogens is 1. The quantitative estimate of drug-likeness (QED) is 0.561. The molecule has 2 heterocycles. The molecule has 2 atom stereocenters. The van der Waals surface area contributed by atoms with Crippen molar-refractivity contribution in [2.24, 2.45) is 0 Å². The van der Waals surface area contributed by atoms with Crippen molar-refractivity contribution in [2.75, 3.05) is 13.2 Å². The summed E-state index contributed by atoms with van der Waals surface area (Å²) in [6.07, 6.45) is 1.38. The van der Waals surface area contributed by atoms with Crippen LogP contribution in [0.15, 0.2) is 42.5 Å². The van der Waals surface area contributed by atoms with Crippen LogP contribution in [-0.2, 0) is 11.3 Å². The monoisotopic (exact) mass is 430 g/mol. The number of rotatable bonds is 7. The molecule has 4 rings (SSSR count). The van der Waals surface area contributed by atoms with Crippen LogP contribution in [0.1, 0.15) is 55.7 Å². The van der Waals surface area contributed by atoms with E-state index in [1.165, 1.54) is 11.1 Å². The normalized spacial score (nSPS) is 17.3. The molecule has 2 unspecified atom stereocenters. The third kappa shape index (κ3) is 4.80. The average Bonchev–Trinajstić information content (AvgIpc) is 3.34. The predicted octanol–water partition coefficient (Wildman–Crippen LogP) is 5.18. The maximum atomic E-state index is 10.7. The van der Waals surface area contributed by atoms with Crippen LogP contribution >= 0.6 is 12.4 Å². The number of hydrogen-bond acceptors (Lipinski definition) is 4. The molecule has 0 radical (unpaired) electrons. The summed E-state index contributed by atoms with van der Waals surface area (Å²) in [5.74, 6) is 2.18. The Kier molecular flexibility index (Phi) is 7.40. The standard InChI is InChI=1S/C24H30N2O3.ClH/c1-16(2)20-11-10-19(13-17(20)3)29-15-18(27)14-26-22-8-5-4-7-21(22)25-24(26)23-9-6-12-28-23;/h4-5,7-8,10-11,13,16,18,23,27H,6,9,12,14-15H2,1-3H3;1H. The van der Waals surface area contributed by atoms with Crippen molar-refractivity contribution >= 4 is 23.4 Å². The number of aliphatic hydroxyl groups is 1. The Bertz CT molecular complexity index is 980. The summed E-state index contributed by atoms with van der Waals surface area (Å²) in [5.41, 5.74) is 4.50. The first-order valence-electron chi connectivity index (χ1n) is 10.5. The highest BCUT2D eigenvalue weighted by atomic mass is 35.5. The highest BCUT2D eigenvalue weighted by Gasteiger charge is 2.25. The van der Waals surface area contributed by atoms with E-state index in [2.05, 4.69) is 31.4 Å². The van der Waals surface area contributed by atoms with E-state index >= 15 is 0 Å². The Hall–Kier alpha value is -2.08. The minimum atomic E-state index is -0.641. The molecular formula is C24H31ClN2O3. The van der Waals surface area contributed by atoms with Gasteiger partial charge in [0.15, 0.2) is 0 Å². The largest absolute Gasteiger partial charge is 0.491 e. The number of aliphatic hydroxyl groups excluding tert-OH is 1. The molecule has 5 nitrogen and oxygen atoms in total. The van der Waals surface area contributed by atoms with Crippen molar-refractivity contribution in [1.29, 1.82) is 0 Å². The lowest BCUT2D eigenvalue weighted by Gasteiger charge is -2.18. The number of benzene rings is 2. The fourth-order valence-electron chi connectivity index (χ4n) is 4.15. The molecule has 6 heteroatoms. The van der Waals surface area contributed by atoms with Crippen molar-refractivity contribution in [3.05, 3.63) is 59.4 Å². The second-order valence-electron chi connectivity index (χ2n) is 8.21. The Balaban J connectivity index is 0.00000256. The van der Waals surface area contributed by atoms with Crippen molar-refractivity contribution in [3.8, 4) is 5.75 Å². The number of ether oxygens (including phenoxy) is 2. The summed E-state index contributed by atoms with van der Waals surface area (Å²) in [7, 11) is 0. The highest BCUT2D eigenvalue weighted by Crippen LogP contribution is 2.31. The van der Waals surface area contributed by atoms with E-state index in [1.54, 1.807) is 0 Å². The second kappa shape index (κ2) is 9.82. The fourth-order valence-corrected chi connectivity index (χ4v) is 4.15. The van der Waals surface area contributed by atoms with Gasteiger partial charge < -0.3 is 19.1 Å². The lowest BCUT2D eigenvalue weighted by atomic mass is 9.98. The third-order valence-electron chi connectivity index (χ3n) is 5.60. The zero-order valence-corrected chi connectivity index (χ0v) is 18.7. The number of para-hydroxylation sites is 2. The first-order chi connectivity index (χ1) is 14.0. The molecule has 0 saturated carbocycles. The highest BCUT2D eigenvalue weighted by molar-refractivity contribution is 5.85. The molecule has 1 aromatic heterocycles. The third-order valence-corrected chi connectivity index (χ3v) is 5.60. The molecule has 1 aliphatic rings. The second-order valence-corrected chi connectivity index (χ2v) is 8.21. The Labute approximate surface area is 184 Å². The van der Waals surface area contributed by atoms with E-state index in [-0.39, 0.29) is 25.1 Å². The minimum absolute atomic E-state index is 0. The molecule has 1 aliphatic heterocycles. The summed E-state index contributed by atoms with van der Waals surface area (Å²) in [6, 6.07) is 14.2. The number of aryl methyl sites for hydroxylation is 1. The average molecular weight is 431 g/mol. The lowest BCUT2D eigenvalue weighted by molar-refractivity contribution is 0.0805. The molecule has 30 heavy (non-hydrogen) atoms.